The Bertz CT molecular complexity index is 601. The number of halogens is 1. The van der Waals surface area contributed by atoms with E-state index in [1.165, 1.54) is 12.1 Å². The second-order valence-electron chi connectivity index (χ2n) is 4.28. The number of carbonyl (C=O) groups is 1. The highest BCUT2D eigenvalue weighted by atomic mass is 79.9. The van der Waals surface area contributed by atoms with Crippen molar-refractivity contribution in [2.75, 3.05) is 6.61 Å². The highest BCUT2D eigenvalue weighted by Crippen LogP contribution is 2.23. The van der Waals surface area contributed by atoms with Gasteiger partial charge in [-0.25, -0.2) is 0 Å². The summed E-state index contributed by atoms with van der Waals surface area (Å²) in [5.41, 5.74) is 0.975. The Morgan fingerprint density at radius 1 is 1.20 bits per heavy atom. The van der Waals surface area contributed by atoms with E-state index >= 15 is 0 Å². The maximum Gasteiger partial charge on any atom is 0.255 e. The first-order chi connectivity index (χ1) is 9.61. The molecule has 2 rings (SSSR count). The summed E-state index contributed by atoms with van der Waals surface area (Å²) in [5.74, 6) is -0.542. The summed E-state index contributed by atoms with van der Waals surface area (Å²) in [5, 5.41) is 21.9. The van der Waals surface area contributed by atoms with Crippen LogP contribution in [0, 0.1) is 0 Å². The van der Waals surface area contributed by atoms with Gasteiger partial charge in [0, 0.05) is 4.47 Å². The number of amides is 1. The van der Waals surface area contributed by atoms with Crippen LogP contribution in [0.15, 0.2) is 53.0 Å². The number of benzene rings is 2. The van der Waals surface area contributed by atoms with Gasteiger partial charge >= 0.3 is 0 Å². The summed E-state index contributed by atoms with van der Waals surface area (Å²) in [6, 6.07) is 13.3. The van der Waals surface area contributed by atoms with Crippen LogP contribution >= 0.6 is 15.9 Å². The third-order valence-electron chi connectivity index (χ3n) is 2.89. The standard InChI is InChI=1S/C15H14BrNO3/c16-11-6-7-12(14(19)8-11)15(20)17-13(9-18)10-4-2-1-3-5-10/h1-8,13,18-19H,9H2,(H,17,20)/t13-/m0/s1. The number of phenols is 1. The molecule has 0 saturated heterocycles. The summed E-state index contributed by atoms with van der Waals surface area (Å²) in [6.07, 6.45) is 0. The van der Waals surface area contributed by atoms with Crippen molar-refractivity contribution >= 4 is 21.8 Å². The summed E-state index contributed by atoms with van der Waals surface area (Å²) in [6.45, 7) is -0.215. The SMILES string of the molecule is O=C(N[C@@H](CO)c1ccccc1)c1ccc(Br)cc1O. The maximum absolute atomic E-state index is 12.1. The molecule has 2 aromatic carbocycles. The zero-order valence-corrected chi connectivity index (χ0v) is 12.2. The first-order valence-electron chi connectivity index (χ1n) is 6.07. The number of carbonyl (C=O) groups excluding carboxylic acids is 1. The van der Waals surface area contributed by atoms with E-state index in [2.05, 4.69) is 21.2 Å². The molecule has 2 aromatic rings. The lowest BCUT2D eigenvalue weighted by atomic mass is 10.1. The lowest BCUT2D eigenvalue weighted by Crippen LogP contribution is -2.30. The van der Waals surface area contributed by atoms with Gasteiger partial charge in [-0.2, -0.15) is 0 Å². The van der Waals surface area contributed by atoms with Crippen molar-refractivity contribution in [2.45, 2.75) is 6.04 Å². The molecule has 0 aliphatic heterocycles. The lowest BCUT2D eigenvalue weighted by molar-refractivity contribution is 0.0913. The van der Waals surface area contributed by atoms with Gasteiger partial charge in [0.15, 0.2) is 0 Å². The number of aliphatic hydroxyl groups excluding tert-OH is 1. The van der Waals surface area contributed by atoms with Crippen molar-refractivity contribution < 1.29 is 15.0 Å². The van der Waals surface area contributed by atoms with Gasteiger partial charge in [0.1, 0.15) is 5.75 Å². The van der Waals surface area contributed by atoms with Crippen LogP contribution in [0.2, 0.25) is 0 Å². The molecule has 4 nitrogen and oxygen atoms in total. The number of nitrogens with one attached hydrogen (secondary N) is 1. The second-order valence-corrected chi connectivity index (χ2v) is 5.20. The Morgan fingerprint density at radius 2 is 1.90 bits per heavy atom. The molecule has 0 aliphatic rings. The molecule has 20 heavy (non-hydrogen) atoms. The van der Waals surface area contributed by atoms with E-state index < -0.39 is 11.9 Å². The predicted octanol–water partition coefficient (Wildman–Crippen LogP) is 2.62. The molecule has 1 atom stereocenters. The maximum atomic E-state index is 12.1. The van der Waals surface area contributed by atoms with Gasteiger partial charge in [0.05, 0.1) is 18.2 Å². The number of rotatable bonds is 4. The molecule has 0 spiro atoms. The molecule has 1 amide bonds. The van der Waals surface area contributed by atoms with E-state index in [9.17, 15) is 15.0 Å². The average molecular weight is 336 g/mol. The van der Waals surface area contributed by atoms with E-state index in [4.69, 9.17) is 0 Å². The highest BCUT2D eigenvalue weighted by Gasteiger charge is 2.17. The smallest absolute Gasteiger partial charge is 0.255 e. The molecular formula is C15H14BrNO3. The van der Waals surface area contributed by atoms with Gasteiger partial charge in [0.25, 0.3) is 5.91 Å². The number of phenolic OH excluding ortho intramolecular Hbond substituents is 1. The number of hydrogen-bond donors (Lipinski definition) is 3. The zero-order chi connectivity index (χ0) is 14.5. The fraction of sp³-hybridized carbons (Fsp3) is 0.133. The molecule has 0 bridgehead atoms. The molecular weight excluding hydrogens is 322 g/mol. The minimum atomic E-state index is -0.508. The van der Waals surface area contributed by atoms with Gasteiger partial charge in [-0.05, 0) is 23.8 Å². The van der Waals surface area contributed by atoms with Crippen molar-refractivity contribution in [3.63, 3.8) is 0 Å². The monoisotopic (exact) mass is 335 g/mol. The quantitative estimate of drug-likeness (QED) is 0.804. The largest absolute Gasteiger partial charge is 0.507 e. The Labute approximate surface area is 125 Å². The number of aromatic hydroxyl groups is 1. The normalized spacial score (nSPS) is 11.9. The van der Waals surface area contributed by atoms with Crippen molar-refractivity contribution in [3.8, 4) is 5.75 Å². The first kappa shape index (κ1) is 14.6. The van der Waals surface area contributed by atoms with Gasteiger partial charge in [0.2, 0.25) is 0 Å². The second kappa shape index (κ2) is 6.54. The molecule has 3 N–H and O–H groups in total. The summed E-state index contributed by atoms with van der Waals surface area (Å²) in [4.78, 5) is 12.1. The fourth-order valence-electron chi connectivity index (χ4n) is 1.85. The molecule has 0 saturated carbocycles. The van der Waals surface area contributed by atoms with Crippen molar-refractivity contribution in [1.29, 1.82) is 0 Å². The van der Waals surface area contributed by atoms with Crippen LogP contribution in [-0.2, 0) is 0 Å². The lowest BCUT2D eigenvalue weighted by Gasteiger charge is -2.17. The van der Waals surface area contributed by atoms with Gasteiger partial charge in [-0.1, -0.05) is 46.3 Å². The highest BCUT2D eigenvalue weighted by molar-refractivity contribution is 9.10. The Morgan fingerprint density at radius 3 is 2.50 bits per heavy atom. The Hall–Kier alpha value is -1.85. The molecule has 5 heteroatoms. The van der Waals surface area contributed by atoms with Crippen LogP contribution in [0.5, 0.6) is 5.75 Å². The minimum Gasteiger partial charge on any atom is -0.507 e. The summed E-state index contributed by atoms with van der Waals surface area (Å²) in [7, 11) is 0. The van der Waals surface area contributed by atoms with E-state index in [0.29, 0.717) is 4.47 Å². The van der Waals surface area contributed by atoms with Crippen LogP contribution in [-0.4, -0.2) is 22.7 Å². The molecule has 0 aromatic heterocycles. The van der Waals surface area contributed by atoms with Crippen LogP contribution in [0.4, 0.5) is 0 Å². The minimum absolute atomic E-state index is 0.110. The van der Waals surface area contributed by atoms with E-state index in [0.717, 1.165) is 5.56 Å². The molecule has 104 valence electrons. The molecule has 0 unspecified atom stereocenters. The summed E-state index contributed by atoms with van der Waals surface area (Å²) < 4.78 is 0.688. The third-order valence-corrected chi connectivity index (χ3v) is 3.39. The van der Waals surface area contributed by atoms with Crippen LogP contribution < -0.4 is 5.32 Å². The van der Waals surface area contributed by atoms with Gasteiger partial charge in [-0.15, -0.1) is 0 Å². The van der Waals surface area contributed by atoms with Crippen LogP contribution in [0.25, 0.3) is 0 Å². The van der Waals surface area contributed by atoms with E-state index in [1.54, 1.807) is 6.07 Å². The van der Waals surface area contributed by atoms with Gasteiger partial charge in [-0.3, -0.25) is 4.79 Å². The average Bonchev–Trinajstić information content (AvgIpc) is 2.45. The van der Waals surface area contributed by atoms with Gasteiger partial charge < -0.3 is 15.5 Å². The van der Waals surface area contributed by atoms with E-state index in [-0.39, 0.29) is 17.9 Å². The Kier molecular flexibility index (Phi) is 4.76. The van der Waals surface area contributed by atoms with Crippen molar-refractivity contribution in [2.24, 2.45) is 0 Å². The van der Waals surface area contributed by atoms with E-state index in [1.807, 2.05) is 30.3 Å². The summed E-state index contributed by atoms with van der Waals surface area (Å²) >= 11 is 3.21. The fourth-order valence-corrected chi connectivity index (χ4v) is 2.20. The first-order valence-corrected chi connectivity index (χ1v) is 6.86. The molecule has 0 aliphatic carbocycles. The zero-order valence-electron chi connectivity index (χ0n) is 10.6. The van der Waals surface area contributed by atoms with Crippen LogP contribution in [0.3, 0.4) is 0 Å². The Balaban J connectivity index is 2.17. The third kappa shape index (κ3) is 3.37. The van der Waals surface area contributed by atoms with Crippen molar-refractivity contribution in [1.82, 2.24) is 5.32 Å². The number of hydrogen-bond acceptors (Lipinski definition) is 3. The topological polar surface area (TPSA) is 69.6 Å². The number of aliphatic hydroxyl groups is 1. The van der Waals surface area contributed by atoms with Crippen molar-refractivity contribution in [3.05, 3.63) is 64.1 Å². The molecule has 0 radical (unpaired) electrons. The predicted molar refractivity (Wildman–Crippen MR) is 79.5 cm³/mol. The molecule has 0 heterocycles. The molecule has 0 fully saturated rings. The van der Waals surface area contributed by atoms with Crippen LogP contribution in [0.1, 0.15) is 22.0 Å².